The second kappa shape index (κ2) is 9.11. The van der Waals surface area contributed by atoms with Gasteiger partial charge in [0, 0.05) is 17.0 Å². The molecule has 0 unspecified atom stereocenters. The first-order chi connectivity index (χ1) is 16.1. The minimum atomic E-state index is -4.74. The van der Waals surface area contributed by atoms with Crippen LogP contribution in [0.3, 0.4) is 0 Å². The number of ether oxygens (including phenoxy) is 1. The number of carbonyl (C=O) groups is 1. The first-order valence-corrected chi connectivity index (χ1v) is 11.7. The predicted molar refractivity (Wildman–Crippen MR) is 123 cm³/mol. The zero-order chi connectivity index (χ0) is 24.6. The SMILES string of the molecule is CSc1nc(C(F)(F)F)cc(=O)n1-c1ccc2snc(-c3cc(C)ccc3OCC(=O)O)c2c1. The molecular formula is C22H16F3N3O4S2. The van der Waals surface area contributed by atoms with Crippen molar-refractivity contribution in [2.75, 3.05) is 12.9 Å². The molecule has 0 fully saturated rings. The molecule has 0 radical (unpaired) electrons. The van der Waals surface area contributed by atoms with E-state index in [0.29, 0.717) is 34.1 Å². The van der Waals surface area contributed by atoms with Crippen molar-refractivity contribution in [2.24, 2.45) is 0 Å². The standard InChI is InChI=1S/C22H16F3N3O4S2/c1-11-3-5-15(32-10-19(30)31)13(7-11)20-14-8-12(4-6-16(14)34-27-20)28-18(29)9-17(22(23,24)25)26-21(28)33-2/h3-9H,10H2,1-2H3,(H,30,31). The van der Waals surface area contributed by atoms with Gasteiger partial charge in [-0.05, 0) is 55.0 Å². The number of fused-ring (bicyclic) bond motifs is 1. The Bertz CT molecular complexity index is 1460. The number of carboxylic acids is 1. The molecule has 2 heterocycles. The number of rotatable bonds is 6. The largest absolute Gasteiger partial charge is 0.481 e. The van der Waals surface area contributed by atoms with Gasteiger partial charge in [0.2, 0.25) is 0 Å². The van der Waals surface area contributed by atoms with Crippen LogP contribution in [0.25, 0.3) is 27.0 Å². The summed E-state index contributed by atoms with van der Waals surface area (Å²) >= 11 is 2.11. The van der Waals surface area contributed by atoms with Crippen molar-refractivity contribution in [3.8, 4) is 22.7 Å². The highest BCUT2D eigenvalue weighted by Gasteiger charge is 2.34. The lowest BCUT2D eigenvalue weighted by Gasteiger charge is -2.14. The Morgan fingerprint density at radius 1 is 1.21 bits per heavy atom. The molecule has 0 atom stereocenters. The van der Waals surface area contributed by atoms with Gasteiger partial charge >= 0.3 is 12.1 Å². The smallest absolute Gasteiger partial charge is 0.433 e. The van der Waals surface area contributed by atoms with Gasteiger partial charge in [0.1, 0.15) is 5.75 Å². The Labute approximate surface area is 199 Å². The van der Waals surface area contributed by atoms with Crippen LogP contribution in [0, 0.1) is 6.92 Å². The first kappa shape index (κ1) is 23.8. The Balaban J connectivity index is 1.89. The molecule has 1 N–H and O–H groups in total. The molecule has 0 aliphatic heterocycles. The highest BCUT2D eigenvalue weighted by atomic mass is 32.2. The number of hydrogen-bond acceptors (Lipinski definition) is 7. The van der Waals surface area contributed by atoms with Crippen LogP contribution < -0.4 is 10.3 Å². The van der Waals surface area contributed by atoms with Gasteiger partial charge in [-0.3, -0.25) is 9.36 Å². The monoisotopic (exact) mass is 507 g/mol. The fraction of sp³-hybridized carbons (Fsp3) is 0.182. The van der Waals surface area contributed by atoms with Crippen LogP contribution in [-0.4, -0.2) is 37.9 Å². The van der Waals surface area contributed by atoms with Crippen LogP contribution >= 0.6 is 23.3 Å². The van der Waals surface area contributed by atoms with Crippen LogP contribution in [0.1, 0.15) is 11.3 Å². The number of alkyl halides is 3. The van der Waals surface area contributed by atoms with Crippen molar-refractivity contribution in [3.63, 3.8) is 0 Å². The molecule has 0 aliphatic carbocycles. The average Bonchev–Trinajstić information content (AvgIpc) is 3.20. The molecule has 2 aromatic heterocycles. The van der Waals surface area contributed by atoms with Gasteiger partial charge in [-0.25, -0.2) is 9.78 Å². The maximum Gasteiger partial charge on any atom is 0.433 e. The molecule has 0 saturated heterocycles. The minimum Gasteiger partial charge on any atom is -0.481 e. The lowest BCUT2D eigenvalue weighted by atomic mass is 10.0. The number of benzene rings is 2. The Hall–Kier alpha value is -3.38. The van der Waals surface area contributed by atoms with Gasteiger partial charge in [-0.1, -0.05) is 23.4 Å². The third-order valence-corrected chi connectivity index (χ3v) is 6.28. The topological polar surface area (TPSA) is 94.3 Å². The third kappa shape index (κ3) is 4.64. The molecule has 0 amide bonds. The van der Waals surface area contributed by atoms with Crippen LogP contribution in [0.4, 0.5) is 13.2 Å². The van der Waals surface area contributed by atoms with Crippen molar-refractivity contribution in [2.45, 2.75) is 18.3 Å². The number of aryl methyl sites for hydroxylation is 1. The zero-order valence-corrected chi connectivity index (χ0v) is 19.3. The summed E-state index contributed by atoms with van der Waals surface area (Å²) in [6, 6.07) is 10.7. The molecule has 176 valence electrons. The van der Waals surface area contributed by atoms with Gasteiger partial charge < -0.3 is 9.84 Å². The summed E-state index contributed by atoms with van der Waals surface area (Å²) in [6.07, 6.45) is -3.21. The number of nitrogens with zero attached hydrogens (tertiary/aromatic N) is 3. The summed E-state index contributed by atoms with van der Waals surface area (Å²) in [5.74, 6) is -0.806. The third-order valence-electron chi connectivity index (χ3n) is 4.81. The van der Waals surface area contributed by atoms with E-state index in [-0.39, 0.29) is 5.16 Å². The number of thioether (sulfide) groups is 1. The molecule has 0 aliphatic rings. The van der Waals surface area contributed by atoms with Gasteiger partial charge in [0.15, 0.2) is 17.5 Å². The van der Waals surface area contributed by atoms with Crippen molar-refractivity contribution in [1.29, 1.82) is 0 Å². The Morgan fingerprint density at radius 3 is 2.65 bits per heavy atom. The van der Waals surface area contributed by atoms with E-state index in [4.69, 9.17) is 9.84 Å². The first-order valence-electron chi connectivity index (χ1n) is 9.69. The lowest BCUT2D eigenvalue weighted by Crippen LogP contribution is -2.24. The van der Waals surface area contributed by atoms with E-state index < -0.39 is 30.0 Å². The highest BCUT2D eigenvalue weighted by molar-refractivity contribution is 7.98. The van der Waals surface area contributed by atoms with E-state index in [2.05, 4.69) is 9.36 Å². The Kier molecular flexibility index (Phi) is 6.36. The Morgan fingerprint density at radius 2 is 1.97 bits per heavy atom. The van der Waals surface area contributed by atoms with Gasteiger partial charge in [-0.15, -0.1) is 0 Å². The second-order valence-corrected chi connectivity index (χ2v) is 8.77. The van der Waals surface area contributed by atoms with Crippen LogP contribution in [0.15, 0.2) is 52.4 Å². The van der Waals surface area contributed by atoms with Gasteiger partial charge in [0.25, 0.3) is 5.56 Å². The zero-order valence-electron chi connectivity index (χ0n) is 17.7. The molecule has 2 aromatic carbocycles. The van der Waals surface area contributed by atoms with Crippen molar-refractivity contribution in [1.82, 2.24) is 13.9 Å². The minimum absolute atomic E-state index is 0.107. The predicted octanol–water partition coefficient (Wildman–Crippen LogP) is 5.02. The lowest BCUT2D eigenvalue weighted by molar-refractivity contribution is -0.142. The molecule has 0 bridgehead atoms. The van der Waals surface area contributed by atoms with E-state index in [1.54, 1.807) is 36.4 Å². The van der Waals surface area contributed by atoms with Crippen LogP contribution in [-0.2, 0) is 11.0 Å². The molecule has 0 spiro atoms. The van der Waals surface area contributed by atoms with Crippen molar-refractivity contribution in [3.05, 3.63) is 64.1 Å². The maximum absolute atomic E-state index is 13.1. The van der Waals surface area contributed by atoms with Crippen LogP contribution in [0.2, 0.25) is 0 Å². The quantitative estimate of drug-likeness (QED) is 0.289. The fourth-order valence-electron chi connectivity index (χ4n) is 3.34. The molecule has 4 aromatic rings. The normalized spacial score (nSPS) is 11.7. The maximum atomic E-state index is 13.1. The fourth-order valence-corrected chi connectivity index (χ4v) is 4.67. The van der Waals surface area contributed by atoms with E-state index in [1.807, 2.05) is 6.92 Å². The van der Waals surface area contributed by atoms with E-state index in [1.165, 1.54) is 17.8 Å². The number of halogens is 3. The molecular weight excluding hydrogens is 491 g/mol. The molecule has 0 saturated carbocycles. The number of carboxylic acid groups (broad SMARTS) is 1. The summed E-state index contributed by atoms with van der Waals surface area (Å²) in [7, 11) is 0. The summed E-state index contributed by atoms with van der Waals surface area (Å²) < 4.78 is 51.2. The van der Waals surface area contributed by atoms with Gasteiger partial charge in [0.05, 0.1) is 16.1 Å². The summed E-state index contributed by atoms with van der Waals surface area (Å²) in [5.41, 5.74) is 0.166. The summed E-state index contributed by atoms with van der Waals surface area (Å²) in [5, 5.41) is 9.51. The summed E-state index contributed by atoms with van der Waals surface area (Å²) in [4.78, 5) is 27.3. The number of aliphatic carboxylic acids is 1. The highest BCUT2D eigenvalue weighted by Crippen LogP contribution is 2.38. The van der Waals surface area contributed by atoms with E-state index >= 15 is 0 Å². The van der Waals surface area contributed by atoms with E-state index in [0.717, 1.165) is 26.6 Å². The molecule has 4 rings (SSSR count). The van der Waals surface area contributed by atoms with E-state index in [9.17, 15) is 22.8 Å². The number of aromatic nitrogens is 3. The molecule has 7 nitrogen and oxygen atoms in total. The van der Waals surface area contributed by atoms with Crippen molar-refractivity contribution >= 4 is 39.3 Å². The summed E-state index contributed by atoms with van der Waals surface area (Å²) in [6.45, 7) is 1.33. The van der Waals surface area contributed by atoms with Crippen molar-refractivity contribution < 1.29 is 27.8 Å². The second-order valence-electron chi connectivity index (χ2n) is 7.19. The molecule has 34 heavy (non-hydrogen) atoms. The van der Waals surface area contributed by atoms with Gasteiger partial charge in [-0.2, -0.15) is 17.5 Å². The average molecular weight is 508 g/mol. The van der Waals surface area contributed by atoms with Crippen LogP contribution in [0.5, 0.6) is 5.75 Å². The number of hydrogen-bond donors (Lipinski definition) is 1. The molecule has 12 heteroatoms.